The molecule has 3 nitrogen and oxygen atoms in total. The molecule has 0 aliphatic carbocycles. The van der Waals surface area contributed by atoms with Gasteiger partial charge in [0.15, 0.2) is 0 Å². The van der Waals surface area contributed by atoms with Gasteiger partial charge in [-0.05, 0) is 44.7 Å². The number of anilines is 1. The summed E-state index contributed by atoms with van der Waals surface area (Å²) in [6.07, 6.45) is 3.77. The van der Waals surface area contributed by atoms with Crippen molar-refractivity contribution in [2.24, 2.45) is 5.92 Å². The molecule has 0 spiro atoms. The Morgan fingerprint density at radius 1 is 1.44 bits per heavy atom. The zero-order valence-corrected chi connectivity index (χ0v) is 9.98. The van der Waals surface area contributed by atoms with Crippen LogP contribution in [-0.2, 0) is 0 Å². The van der Waals surface area contributed by atoms with Crippen molar-refractivity contribution in [3.05, 3.63) is 24.4 Å². The summed E-state index contributed by atoms with van der Waals surface area (Å²) < 4.78 is 0. The maximum atomic E-state index is 9.96. The summed E-state index contributed by atoms with van der Waals surface area (Å²) >= 11 is 0. The van der Waals surface area contributed by atoms with Crippen LogP contribution in [0.2, 0.25) is 0 Å². The first-order valence-electron chi connectivity index (χ1n) is 5.87. The van der Waals surface area contributed by atoms with Gasteiger partial charge in [0.05, 0.1) is 5.60 Å². The average molecular weight is 219 g/mol. The average Bonchev–Trinajstić information content (AvgIpc) is 2.29. The van der Waals surface area contributed by atoms with Gasteiger partial charge >= 0.3 is 0 Å². The van der Waals surface area contributed by atoms with Gasteiger partial charge in [-0.15, -0.1) is 0 Å². The summed E-state index contributed by atoms with van der Waals surface area (Å²) in [4.78, 5) is 6.57. The minimum atomic E-state index is -0.552. The summed E-state index contributed by atoms with van der Waals surface area (Å²) in [7, 11) is 0. The smallest absolute Gasteiger partial charge is 0.128 e. The molecule has 2 heterocycles. The van der Waals surface area contributed by atoms with Gasteiger partial charge in [0.25, 0.3) is 0 Å². The number of rotatable bonds is 2. The summed E-state index contributed by atoms with van der Waals surface area (Å²) in [5.41, 5.74) is -0.552. The molecule has 1 aromatic heterocycles. The second-order valence-corrected chi connectivity index (χ2v) is 5.03. The van der Waals surface area contributed by atoms with Crippen molar-refractivity contribution in [2.45, 2.75) is 32.3 Å². The van der Waals surface area contributed by atoms with Gasteiger partial charge in [-0.25, -0.2) is 4.98 Å². The number of hydrogen-bond acceptors (Lipinski definition) is 3. The van der Waals surface area contributed by atoms with Crippen molar-refractivity contribution in [3.8, 4) is 0 Å². The van der Waals surface area contributed by atoms with E-state index in [4.69, 9.17) is 0 Å². The van der Waals surface area contributed by atoms with E-state index in [9.17, 15) is 5.11 Å². The van der Waals surface area contributed by atoms with Crippen LogP contribution in [0.3, 0.4) is 0 Å². The zero-order chi connectivity index (χ0) is 11.6. The van der Waals surface area contributed by atoms with Crippen LogP contribution in [0.5, 0.6) is 0 Å². The highest BCUT2D eigenvalue weighted by Crippen LogP contribution is 2.29. The van der Waals surface area contributed by atoms with E-state index >= 15 is 0 Å². The van der Waals surface area contributed by atoms with Gasteiger partial charge in [0, 0.05) is 25.4 Å². The Morgan fingerprint density at radius 2 is 2.12 bits per heavy atom. The lowest BCUT2D eigenvalue weighted by Gasteiger charge is -2.38. The Balaban J connectivity index is 1.96. The Hall–Kier alpha value is -1.09. The first-order chi connectivity index (χ1) is 7.57. The van der Waals surface area contributed by atoms with Gasteiger partial charge in [-0.2, -0.15) is 0 Å². The molecule has 1 fully saturated rings. The first kappa shape index (κ1) is 11.4. The molecule has 1 aliphatic heterocycles. The molecule has 1 radical (unpaired) electrons. The largest absolute Gasteiger partial charge is 0.390 e. The SMILES string of the molecule is CC(C)(O)C1CCN(c2cc[c]cn2)CC1. The van der Waals surface area contributed by atoms with Crippen molar-refractivity contribution >= 4 is 5.82 Å². The molecule has 0 aromatic carbocycles. The number of piperidine rings is 1. The number of aliphatic hydroxyl groups is 1. The van der Waals surface area contributed by atoms with E-state index in [1.165, 1.54) is 0 Å². The molecule has 1 aromatic rings. The predicted octanol–water partition coefficient (Wildman–Crippen LogP) is 1.87. The molecule has 0 amide bonds. The van der Waals surface area contributed by atoms with E-state index in [1.807, 2.05) is 26.0 Å². The minimum absolute atomic E-state index is 0.402. The lowest BCUT2D eigenvalue weighted by Crippen LogP contribution is -2.42. The summed E-state index contributed by atoms with van der Waals surface area (Å²) in [5.74, 6) is 1.42. The lowest BCUT2D eigenvalue weighted by atomic mass is 9.83. The molecule has 0 atom stereocenters. The quantitative estimate of drug-likeness (QED) is 0.825. The van der Waals surface area contributed by atoms with Gasteiger partial charge in [0.2, 0.25) is 0 Å². The van der Waals surface area contributed by atoms with Crippen molar-refractivity contribution in [3.63, 3.8) is 0 Å². The minimum Gasteiger partial charge on any atom is -0.390 e. The summed E-state index contributed by atoms with van der Waals surface area (Å²) in [6.45, 7) is 5.77. The number of nitrogens with zero attached hydrogens (tertiary/aromatic N) is 2. The molecule has 1 aliphatic rings. The van der Waals surface area contributed by atoms with Crippen LogP contribution in [0.4, 0.5) is 5.82 Å². The molecule has 0 bridgehead atoms. The molecular formula is C13H19N2O. The molecular weight excluding hydrogens is 200 g/mol. The molecule has 0 unspecified atom stereocenters. The van der Waals surface area contributed by atoms with E-state index in [0.29, 0.717) is 5.92 Å². The van der Waals surface area contributed by atoms with E-state index in [2.05, 4.69) is 16.0 Å². The summed E-state index contributed by atoms with van der Waals surface area (Å²) in [5, 5.41) is 9.96. The van der Waals surface area contributed by atoms with Crippen LogP contribution in [-0.4, -0.2) is 28.8 Å². The van der Waals surface area contributed by atoms with Crippen molar-refractivity contribution < 1.29 is 5.11 Å². The maximum Gasteiger partial charge on any atom is 0.128 e. The Labute approximate surface area is 97.1 Å². The van der Waals surface area contributed by atoms with Crippen LogP contribution in [0.25, 0.3) is 0 Å². The Kier molecular flexibility index (Phi) is 3.15. The van der Waals surface area contributed by atoms with Crippen LogP contribution in [0, 0.1) is 12.0 Å². The third kappa shape index (κ3) is 2.53. The van der Waals surface area contributed by atoms with Gasteiger partial charge in [-0.3, -0.25) is 0 Å². The molecule has 16 heavy (non-hydrogen) atoms. The van der Waals surface area contributed by atoms with Crippen LogP contribution < -0.4 is 4.90 Å². The molecule has 1 saturated heterocycles. The highest BCUT2D eigenvalue weighted by molar-refractivity contribution is 5.37. The van der Waals surface area contributed by atoms with Gasteiger partial charge < -0.3 is 10.0 Å². The fraction of sp³-hybridized carbons (Fsp3) is 0.615. The Morgan fingerprint density at radius 3 is 2.62 bits per heavy atom. The van der Waals surface area contributed by atoms with E-state index in [1.54, 1.807) is 6.20 Å². The standard InChI is InChI=1S/C13H19N2O/c1-13(2,16)11-6-9-15(10-7-11)12-5-3-4-8-14-12/h3,5,8,11,16H,6-7,9-10H2,1-2H3. The third-order valence-corrected chi connectivity index (χ3v) is 3.42. The topological polar surface area (TPSA) is 36.4 Å². The maximum absolute atomic E-state index is 9.96. The molecule has 3 heteroatoms. The van der Waals surface area contributed by atoms with E-state index in [0.717, 1.165) is 31.7 Å². The van der Waals surface area contributed by atoms with Crippen LogP contribution in [0.1, 0.15) is 26.7 Å². The van der Waals surface area contributed by atoms with Gasteiger partial charge in [0.1, 0.15) is 5.82 Å². The third-order valence-electron chi connectivity index (χ3n) is 3.42. The molecule has 1 N–H and O–H groups in total. The fourth-order valence-electron chi connectivity index (χ4n) is 2.31. The molecule has 87 valence electrons. The second-order valence-electron chi connectivity index (χ2n) is 5.03. The molecule has 2 rings (SSSR count). The molecule has 0 saturated carbocycles. The Bertz CT molecular complexity index is 324. The van der Waals surface area contributed by atoms with Crippen LogP contribution >= 0.6 is 0 Å². The number of hydrogen-bond donors (Lipinski definition) is 1. The fourth-order valence-corrected chi connectivity index (χ4v) is 2.31. The number of pyridine rings is 1. The van der Waals surface area contributed by atoms with Crippen molar-refractivity contribution in [2.75, 3.05) is 18.0 Å². The van der Waals surface area contributed by atoms with Crippen LogP contribution in [0.15, 0.2) is 18.3 Å². The monoisotopic (exact) mass is 219 g/mol. The van der Waals surface area contributed by atoms with E-state index < -0.39 is 5.60 Å². The first-order valence-corrected chi connectivity index (χ1v) is 5.87. The highest BCUT2D eigenvalue weighted by atomic mass is 16.3. The van der Waals surface area contributed by atoms with E-state index in [-0.39, 0.29) is 0 Å². The highest BCUT2D eigenvalue weighted by Gasteiger charge is 2.30. The zero-order valence-electron chi connectivity index (χ0n) is 9.98. The lowest BCUT2D eigenvalue weighted by molar-refractivity contribution is 0.00646. The second kappa shape index (κ2) is 4.42. The van der Waals surface area contributed by atoms with Crippen molar-refractivity contribution in [1.29, 1.82) is 0 Å². The number of aromatic nitrogens is 1. The summed E-state index contributed by atoms with van der Waals surface area (Å²) in [6, 6.07) is 6.81. The van der Waals surface area contributed by atoms with Crippen molar-refractivity contribution in [1.82, 2.24) is 4.98 Å². The normalized spacial score (nSPS) is 18.8. The van der Waals surface area contributed by atoms with Gasteiger partial charge in [-0.1, -0.05) is 0 Å². The predicted molar refractivity (Wildman–Crippen MR) is 64.3 cm³/mol.